The normalized spacial score (nSPS) is 13.0. The van der Waals surface area contributed by atoms with Crippen molar-refractivity contribution in [2.45, 2.75) is 26.4 Å². The summed E-state index contributed by atoms with van der Waals surface area (Å²) >= 11 is 0. The molecule has 0 spiro atoms. The second kappa shape index (κ2) is 8.58. The molecule has 0 aromatic heterocycles. The summed E-state index contributed by atoms with van der Waals surface area (Å²) in [5, 5.41) is 4.31. The Balaban J connectivity index is 2.17. The predicted molar refractivity (Wildman–Crippen MR) is 134 cm³/mol. The molecule has 4 rings (SSSR count). The molecule has 4 aromatic rings. The Labute approximate surface area is 182 Å². The van der Waals surface area contributed by atoms with Gasteiger partial charge in [-0.25, -0.2) is 0 Å². The van der Waals surface area contributed by atoms with Crippen molar-refractivity contribution in [2.24, 2.45) is 5.41 Å². The van der Waals surface area contributed by atoms with Gasteiger partial charge in [0.15, 0.2) is 0 Å². The zero-order valence-corrected chi connectivity index (χ0v) is 19.0. The van der Waals surface area contributed by atoms with Crippen molar-refractivity contribution in [3.8, 4) is 0 Å². The fourth-order valence-electron chi connectivity index (χ4n) is 4.82. The standard InChI is InChI=1S/C29H30P/c1-29(2,3)28(24-16-8-4-9-17-24)30(25-18-10-5-11-19-25,26-20-12-6-13-21-26)27-22-14-7-15-23-27/h4-23,28H,1-3H3/q+1. The van der Waals surface area contributed by atoms with Gasteiger partial charge in [-0.3, -0.25) is 0 Å². The summed E-state index contributed by atoms with van der Waals surface area (Å²) in [6.45, 7) is 7.19. The van der Waals surface area contributed by atoms with Gasteiger partial charge in [-0.2, -0.15) is 0 Å². The van der Waals surface area contributed by atoms with Gasteiger partial charge in [0.2, 0.25) is 0 Å². The van der Waals surface area contributed by atoms with Crippen LogP contribution >= 0.6 is 7.26 Å². The third-order valence-corrected chi connectivity index (χ3v) is 11.0. The van der Waals surface area contributed by atoms with E-state index >= 15 is 0 Å². The van der Waals surface area contributed by atoms with Crippen molar-refractivity contribution < 1.29 is 0 Å². The van der Waals surface area contributed by atoms with Crippen molar-refractivity contribution in [3.63, 3.8) is 0 Å². The molecule has 4 aromatic carbocycles. The molecule has 0 aliphatic rings. The van der Waals surface area contributed by atoms with E-state index in [9.17, 15) is 0 Å². The summed E-state index contributed by atoms with van der Waals surface area (Å²) in [4.78, 5) is 0. The van der Waals surface area contributed by atoms with Crippen LogP contribution < -0.4 is 15.9 Å². The minimum atomic E-state index is -2.01. The van der Waals surface area contributed by atoms with Crippen LogP contribution in [0.15, 0.2) is 121 Å². The van der Waals surface area contributed by atoms with E-state index in [4.69, 9.17) is 0 Å². The molecule has 0 nitrogen and oxygen atoms in total. The molecular weight excluding hydrogens is 379 g/mol. The Bertz CT molecular complexity index is 952. The Hall–Kier alpha value is -2.69. The largest absolute Gasteiger partial charge is 0.120 e. The molecule has 1 unspecified atom stereocenters. The van der Waals surface area contributed by atoms with Gasteiger partial charge in [0.05, 0.1) is 0 Å². The van der Waals surface area contributed by atoms with Gasteiger partial charge < -0.3 is 0 Å². The van der Waals surface area contributed by atoms with E-state index in [1.54, 1.807) is 0 Å². The molecule has 0 aliphatic heterocycles. The maximum atomic E-state index is 2.40. The average Bonchev–Trinajstić information content (AvgIpc) is 2.79. The van der Waals surface area contributed by atoms with Crippen LogP contribution in [-0.2, 0) is 0 Å². The molecule has 0 heterocycles. The minimum absolute atomic E-state index is 0.0661. The highest BCUT2D eigenvalue weighted by Crippen LogP contribution is 2.71. The fourth-order valence-corrected chi connectivity index (χ4v) is 10.3. The van der Waals surface area contributed by atoms with Gasteiger partial charge >= 0.3 is 0 Å². The highest BCUT2D eigenvalue weighted by Gasteiger charge is 2.57. The van der Waals surface area contributed by atoms with Gasteiger partial charge in [-0.15, -0.1) is 0 Å². The topological polar surface area (TPSA) is 0 Å². The van der Waals surface area contributed by atoms with Gasteiger partial charge in [0, 0.05) is 5.41 Å². The molecule has 0 bridgehead atoms. The van der Waals surface area contributed by atoms with Crippen molar-refractivity contribution in [1.29, 1.82) is 0 Å². The molecule has 0 fully saturated rings. The lowest BCUT2D eigenvalue weighted by molar-refractivity contribution is 0.396. The average molecular weight is 410 g/mol. The first kappa shape index (κ1) is 20.6. The maximum absolute atomic E-state index is 2.40. The number of benzene rings is 4. The molecule has 1 heteroatoms. The second-order valence-electron chi connectivity index (χ2n) is 8.91. The summed E-state index contributed by atoms with van der Waals surface area (Å²) in [5.74, 6) is 0. The monoisotopic (exact) mass is 409 g/mol. The lowest BCUT2D eigenvalue weighted by Crippen LogP contribution is -2.39. The minimum Gasteiger partial charge on any atom is -0.0622 e. The van der Waals surface area contributed by atoms with Crippen LogP contribution in [0.3, 0.4) is 0 Å². The molecule has 0 amide bonds. The molecule has 0 radical (unpaired) electrons. The Kier molecular flexibility index (Phi) is 5.89. The van der Waals surface area contributed by atoms with Crippen LogP contribution in [0.1, 0.15) is 32.0 Å². The molecular formula is C29H30P+. The molecule has 0 aliphatic carbocycles. The van der Waals surface area contributed by atoms with E-state index in [1.165, 1.54) is 21.5 Å². The second-order valence-corrected chi connectivity index (χ2v) is 12.4. The van der Waals surface area contributed by atoms with E-state index in [-0.39, 0.29) is 5.41 Å². The van der Waals surface area contributed by atoms with Crippen molar-refractivity contribution in [3.05, 3.63) is 127 Å². The van der Waals surface area contributed by atoms with Crippen molar-refractivity contribution in [1.82, 2.24) is 0 Å². The lowest BCUT2D eigenvalue weighted by atomic mass is 9.87. The Morgan fingerprint density at radius 1 is 0.467 bits per heavy atom. The number of hydrogen-bond donors (Lipinski definition) is 0. The van der Waals surface area contributed by atoms with Crippen molar-refractivity contribution >= 4 is 23.2 Å². The highest BCUT2D eigenvalue weighted by atomic mass is 31.2. The van der Waals surface area contributed by atoms with Gasteiger partial charge in [0.1, 0.15) is 28.8 Å². The van der Waals surface area contributed by atoms with E-state index < -0.39 is 7.26 Å². The maximum Gasteiger partial charge on any atom is 0.120 e. The van der Waals surface area contributed by atoms with Crippen LogP contribution in [-0.4, -0.2) is 0 Å². The summed E-state index contributed by atoms with van der Waals surface area (Å²) < 4.78 is 0. The van der Waals surface area contributed by atoms with E-state index in [0.29, 0.717) is 5.66 Å². The third kappa shape index (κ3) is 3.73. The predicted octanol–water partition coefficient (Wildman–Crippen LogP) is 6.77. The SMILES string of the molecule is CC(C)(C)C(c1ccccc1)[P+](c1ccccc1)(c1ccccc1)c1ccccc1. The van der Waals surface area contributed by atoms with Crippen LogP contribution in [0.25, 0.3) is 0 Å². The lowest BCUT2D eigenvalue weighted by Gasteiger charge is -2.41. The number of rotatable bonds is 5. The zero-order valence-electron chi connectivity index (χ0n) is 18.1. The Morgan fingerprint density at radius 3 is 1.07 bits per heavy atom. The van der Waals surface area contributed by atoms with Gasteiger partial charge in [0.25, 0.3) is 0 Å². The van der Waals surface area contributed by atoms with Crippen LogP contribution in [0.5, 0.6) is 0 Å². The number of hydrogen-bond acceptors (Lipinski definition) is 0. The van der Waals surface area contributed by atoms with Gasteiger partial charge in [-0.05, 0) is 42.0 Å². The summed E-state index contributed by atoms with van der Waals surface area (Å²) in [6.07, 6.45) is 0. The van der Waals surface area contributed by atoms with Gasteiger partial charge in [-0.1, -0.05) is 106 Å². The van der Waals surface area contributed by atoms with Crippen LogP contribution in [0.4, 0.5) is 0 Å². The van der Waals surface area contributed by atoms with E-state index in [1.807, 2.05) is 0 Å². The molecule has 0 N–H and O–H groups in total. The first-order valence-corrected chi connectivity index (χ1v) is 12.5. The summed E-state index contributed by atoms with van der Waals surface area (Å²) in [7, 11) is -2.01. The smallest absolute Gasteiger partial charge is 0.0622 e. The molecule has 1 atom stereocenters. The first-order chi connectivity index (χ1) is 14.5. The Morgan fingerprint density at radius 2 is 0.767 bits per heavy atom. The molecule has 150 valence electrons. The van der Waals surface area contributed by atoms with Crippen LogP contribution in [0.2, 0.25) is 0 Å². The summed E-state index contributed by atoms with van der Waals surface area (Å²) in [5.41, 5.74) is 1.82. The fraction of sp³-hybridized carbons (Fsp3) is 0.172. The molecule has 30 heavy (non-hydrogen) atoms. The van der Waals surface area contributed by atoms with Crippen LogP contribution in [0, 0.1) is 5.41 Å². The van der Waals surface area contributed by atoms with E-state index in [2.05, 4.69) is 142 Å². The third-order valence-electron chi connectivity index (χ3n) is 5.81. The zero-order chi connectivity index (χ0) is 21.0. The summed E-state index contributed by atoms with van der Waals surface area (Å²) in [6, 6.07) is 44.7. The quantitative estimate of drug-likeness (QED) is 0.319. The molecule has 0 saturated carbocycles. The van der Waals surface area contributed by atoms with Crippen molar-refractivity contribution in [2.75, 3.05) is 0 Å². The molecule has 0 saturated heterocycles. The highest BCUT2D eigenvalue weighted by molar-refractivity contribution is 7.96. The van der Waals surface area contributed by atoms with E-state index in [0.717, 1.165) is 0 Å². The first-order valence-electron chi connectivity index (χ1n) is 10.6.